The Morgan fingerprint density at radius 3 is 2.65 bits per heavy atom. The molecule has 0 spiro atoms. The molecule has 1 heterocycles. The van der Waals surface area contributed by atoms with Crippen molar-refractivity contribution < 1.29 is 26.9 Å². The van der Waals surface area contributed by atoms with Crippen LogP contribution in [-0.4, -0.2) is 57.1 Å². The van der Waals surface area contributed by atoms with E-state index >= 15 is 0 Å². The second kappa shape index (κ2) is 7.50. The van der Waals surface area contributed by atoms with E-state index < -0.39 is 51.3 Å². The number of anilines is 1. The molecule has 1 saturated heterocycles. The van der Waals surface area contributed by atoms with Crippen molar-refractivity contribution in [1.29, 1.82) is 0 Å². The molecule has 1 amide bonds. The van der Waals surface area contributed by atoms with Crippen molar-refractivity contribution in [2.24, 2.45) is 0 Å². The molecular formula is C14H18F2N4O5S. The van der Waals surface area contributed by atoms with E-state index in [1.165, 1.54) is 12.1 Å². The van der Waals surface area contributed by atoms with Crippen LogP contribution in [0.3, 0.4) is 0 Å². The van der Waals surface area contributed by atoms with Crippen molar-refractivity contribution in [3.63, 3.8) is 0 Å². The average Bonchev–Trinajstić information content (AvgIpc) is 2.90. The molecule has 2 rings (SSSR count). The Hall–Kier alpha value is -2.34. The first-order valence-corrected chi connectivity index (χ1v) is 9.50. The van der Waals surface area contributed by atoms with Gasteiger partial charge in [0.25, 0.3) is 11.6 Å². The second-order valence-corrected chi connectivity index (χ2v) is 7.94. The summed E-state index contributed by atoms with van der Waals surface area (Å²) in [4.78, 5) is 22.0. The summed E-state index contributed by atoms with van der Waals surface area (Å²) in [6, 6.07) is 2.46. The number of carbonyl (C=O) groups excluding carboxylic acids is 1. The highest BCUT2D eigenvalue weighted by Crippen LogP contribution is 2.27. The van der Waals surface area contributed by atoms with Crippen molar-refractivity contribution in [3.8, 4) is 0 Å². The molecule has 12 heteroatoms. The van der Waals surface area contributed by atoms with Gasteiger partial charge in [-0.2, -0.15) is 0 Å². The van der Waals surface area contributed by atoms with Gasteiger partial charge in [0.05, 0.1) is 22.4 Å². The van der Waals surface area contributed by atoms with Crippen LogP contribution in [0.15, 0.2) is 23.1 Å². The van der Waals surface area contributed by atoms with Crippen LogP contribution in [0, 0.1) is 10.1 Å². The van der Waals surface area contributed by atoms with Gasteiger partial charge in [0, 0.05) is 31.8 Å². The summed E-state index contributed by atoms with van der Waals surface area (Å²) in [7, 11) is -3.59. The predicted octanol–water partition coefficient (Wildman–Crippen LogP) is 0.524. The highest BCUT2D eigenvalue weighted by Gasteiger charge is 2.42. The largest absolute Gasteiger partial charge is 0.378 e. The number of nitro benzene ring substituents is 1. The molecule has 1 atom stereocenters. The summed E-state index contributed by atoms with van der Waals surface area (Å²) in [6.07, 6.45) is 0.361. The lowest BCUT2D eigenvalue weighted by atomic mass is 10.2. The van der Waals surface area contributed by atoms with Crippen molar-refractivity contribution in [3.05, 3.63) is 28.3 Å². The van der Waals surface area contributed by atoms with Crippen molar-refractivity contribution in [2.45, 2.75) is 23.3 Å². The fourth-order valence-electron chi connectivity index (χ4n) is 2.45. The molecule has 26 heavy (non-hydrogen) atoms. The topological polar surface area (TPSA) is 130 Å². The fraction of sp³-hybridized carbons (Fsp3) is 0.500. The average molecular weight is 392 g/mol. The maximum absolute atomic E-state index is 13.0. The second-order valence-electron chi connectivity index (χ2n) is 5.92. The summed E-state index contributed by atoms with van der Waals surface area (Å²) in [6.45, 7) is -0.413. The number of benzene rings is 1. The van der Waals surface area contributed by atoms with E-state index in [9.17, 15) is 32.1 Å². The van der Waals surface area contributed by atoms with E-state index in [0.29, 0.717) is 0 Å². The monoisotopic (exact) mass is 392 g/mol. The van der Waals surface area contributed by atoms with Crippen LogP contribution in [-0.2, 0) is 14.6 Å². The highest BCUT2D eigenvalue weighted by atomic mass is 32.2. The maximum Gasteiger partial charge on any atom is 0.293 e. The lowest BCUT2D eigenvalue weighted by molar-refractivity contribution is -0.384. The van der Waals surface area contributed by atoms with Gasteiger partial charge < -0.3 is 10.6 Å². The summed E-state index contributed by atoms with van der Waals surface area (Å²) in [5.41, 5.74) is -0.335. The Balaban J connectivity index is 1.91. The number of carbonyl (C=O) groups is 1. The van der Waals surface area contributed by atoms with Crippen LogP contribution in [0.4, 0.5) is 20.2 Å². The summed E-state index contributed by atoms with van der Waals surface area (Å²) in [5, 5.41) is 18.7. The molecule has 0 aliphatic carbocycles. The Kier molecular flexibility index (Phi) is 5.76. The molecule has 0 aromatic heterocycles. The van der Waals surface area contributed by atoms with Gasteiger partial charge in [-0.05, 0) is 12.1 Å². The minimum atomic E-state index is -3.59. The van der Waals surface area contributed by atoms with Crippen LogP contribution in [0.1, 0.15) is 6.42 Å². The zero-order chi connectivity index (χ0) is 19.5. The van der Waals surface area contributed by atoms with Gasteiger partial charge in [-0.15, -0.1) is 0 Å². The molecule has 0 radical (unpaired) electrons. The number of nitrogens with one attached hydrogen (secondary N) is 3. The molecule has 3 N–H and O–H groups in total. The Morgan fingerprint density at radius 1 is 1.42 bits per heavy atom. The lowest BCUT2D eigenvalue weighted by Gasteiger charge is -2.12. The number of hydrogen-bond donors (Lipinski definition) is 3. The summed E-state index contributed by atoms with van der Waals surface area (Å²) in [5.74, 6) is -3.49. The van der Waals surface area contributed by atoms with Crippen molar-refractivity contribution in [2.75, 3.05) is 31.2 Å². The molecular weight excluding hydrogens is 374 g/mol. The number of halogens is 2. The molecule has 1 aliphatic rings. The van der Waals surface area contributed by atoms with Crippen LogP contribution < -0.4 is 16.0 Å². The van der Waals surface area contributed by atoms with E-state index in [1.807, 2.05) is 0 Å². The molecule has 0 bridgehead atoms. The number of rotatable bonds is 7. The van der Waals surface area contributed by atoms with Gasteiger partial charge in [0.15, 0.2) is 9.84 Å². The minimum Gasteiger partial charge on any atom is -0.378 e. The van der Waals surface area contributed by atoms with Gasteiger partial charge >= 0.3 is 0 Å². The SMILES string of the molecule is CS(=O)(=O)c1ccc(NCCNC(=O)C2CC(F)(F)CN2)c([N+](=O)[O-])c1. The standard InChI is InChI=1S/C14H18F2N4O5S/c1-26(24,25)9-2-3-10(12(6-9)20(22)23)17-4-5-18-13(21)11-7-14(15,16)8-19-11/h2-3,6,11,17,19H,4-5,7-8H2,1H3,(H,18,21). The van der Waals surface area contributed by atoms with E-state index in [-0.39, 0.29) is 23.7 Å². The maximum atomic E-state index is 13.0. The number of nitrogens with zero attached hydrogens (tertiary/aromatic N) is 1. The number of amides is 1. The van der Waals surface area contributed by atoms with E-state index in [4.69, 9.17) is 0 Å². The molecule has 1 fully saturated rings. The van der Waals surface area contributed by atoms with Gasteiger partial charge in [-0.1, -0.05) is 0 Å². The van der Waals surface area contributed by atoms with Crippen molar-refractivity contribution >= 4 is 27.1 Å². The zero-order valence-electron chi connectivity index (χ0n) is 13.8. The third kappa shape index (κ3) is 5.08. The Morgan fingerprint density at radius 2 is 2.12 bits per heavy atom. The summed E-state index contributed by atoms with van der Waals surface area (Å²) < 4.78 is 49.0. The fourth-order valence-corrected chi connectivity index (χ4v) is 3.09. The first kappa shape index (κ1) is 20.0. The molecule has 0 saturated carbocycles. The van der Waals surface area contributed by atoms with Crippen LogP contribution in [0.25, 0.3) is 0 Å². The molecule has 144 valence electrons. The molecule has 1 aromatic carbocycles. The molecule has 1 aromatic rings. The quantitative estimate of drug-likeness (QED) is 0.350. The van der Waals surface area contributed by atoms with Crippen LogP contribution in [0.5, 0.6) is 0 Å². The number of hydrogen-bond acceptors (Lipinski definition) is 7. The smallest absolute Gasteiger partial charge is 0.293 e. The van der Waals surface area contributed by atoms with Gasteiger partial charge in [-0.25, -0.2) is 17.2 Å². The van der Waals surface area contributed by atoms with Gasteiger partial charge in [-0.3, -0.25) is 20.2 Å². The molecule has 1 unspecified atom stereocenters. The molecule has 1 aliphatic heterocycles. The minimum absolute atomic E-state index is 0.0492. The lowest BCUT2D eigenvalue weighted by Crippen LogP contribution is -2.42. The summed E-state index contributed by atoms with van der Waals surface area (Å²) >= 11 is 0. The normalized spacial score (nSPS) is 19.1. The Bertz CT molecular complexity index is 816. The van der Waals surface area contributed by atoms with Crippen molar-refractivity contribution in [1.82, 2.24) is 10.6 Å². The first-order chi connectivity index (χ1) is 12.0. The van der Waals surface area contributed by atoms with E-state index in [0.717, 1.165) is 12.3 Å². The van der Waals surface area contributed by atoms with Crippen LogP contribution in [0.2, 0.25) is 0 Å². The highest BCUT2D eigenvalue weighted by molar-refractivity contribution is 7.90. The molecule has 9 nitrogen and oxygen atoms in total. The third-order valence-electron chi connectivity index (χ3n) is 3.76. The zero-order valence-corrected chi connectivity index (χ0v) is 14.6. The first-order valence-electron chi connectivity index (χ1n) is 7.61. The van der Waals surface area contributed by atoms with E-state index in [1.54, 1.807) is 0 Å². The number of sulfone groups is 1. The van der Waals surface area contributed by atoms with Gasteiger partial charge in [0.1, 0.15) is 5.69 Å². The van der Waals surface area contributed by atoms with E-state index in [2.05, 4.69) is 16.0 Å². The predicted molar refractivity (Wildman–Crippen MR) is 89.1 cm³/mol. The van der Waals surface area contributed by atoms with Gasteiger partial charge in [0.2, 0.25) is 5.91 Å². The third-order valence-corrected chi connectivity index (χ3v) is 4.87. The number of nitro groups is 1. The number of alkyl halides is 2. The van der Waals surface area contributed by atoms with Crippen LogP contribution >= 0.6 is 0 Å². The Labute approximate surface area is 148 Å².